The summed E-state index contributed by atoms with van der Waals surface area (Å²) < 4.78 is 0.202. The van der Waals surface area contributed by atoms with Gasteiger partial charge in [-0.15, -0.1) is 0 Å². The second kappa shape index (κ2) is 5.20. The first-order chi connectivity index (χ1) is 10.9. The Kier molecular flexibility index (Phi) is 3.49. The van der Waals surface area contributed by atoms with E-state index in [9.17, 15) is 4.79 Å². The van der Waals surface area contributed by atoms with Gasteiger partial charge in [0, 0.05) is 24.6 Å². The summed E-state index contributed by atoms with van der Waals surface area (Å²) in [7, 11) is 3.91. The van der Waals surface area contributed by atoms with Crippen LogP contribution in [-0.4, -0.2) is 29.3 Å². The normalized spacial score (nSPS) is 37.7. The number of nitrogens with zero attached hydrogens (tertiary/aromatic N) is 2. The van der Waals surface area contributed by atoms with Crippen LogP contribution >= 0.6 is 15.9 Å². The molecule has 1 heterocycles. The average Bonchev–Trinajstić information content (AvgIpc) is 2.45. The number of anilines is 2. The van der Waals surface area contributed by atoms with Crippen LogP contribution in [-0.2, 0) is 4.79 Å². The number of hydrogen-bond donors (Lipinski definition) is 1. The summed E-state index contributed by atoms with van der Waals surface area (Å²) in [4.78, 5) is 19.5. The average molecular weight is 378 g/mol. The van der Waals surface area contributed by atoms with Gasteiger partial charge in [-0.05, 0) is 62.5 Å². The number of nitrogens with one attached hydrogen (secondary N) is 1. The van der Waals surface area contributed by atoms with Gasteiger partial charge < -0.3 is 10.2 Å². The highest BCUT2D eigenvalue weighted by atomic mass is 79.9. The van der Waals surface area contributed by atoms with Gasteiger partial charge in [0.2, 0.25) is 5.91 Å². The van der Waals surface area contributed by atoms with Gasteiger partial charge in [-0.2, -0.15) is 0 Å². The van der Waals surface area contributed by atoms with Crippen molar-refractivity contribution in [1.82, 2.24) is 4.98 Å². The molecule has 0 radical (unpaired) electrons. The van der Waals surface area contributed by atoms with Crippen molar-refractivity contribution in [3.05, 3.63) is 18.3 Å². The number of amides is 1. The Labute approximate surface area is 146 Å². The Bertz CT molecular complexity index is 631. The zero-order chi connectivity index (χ0) is 16.2. The lowest BCUT2D eigenvalue weighted by Gasteiger charge is -2.59. The molecule has 5 rings (SSSR count). The van der Waals surface area contributed by atoms with Gasteiger partial charge in [-0.1, -0.05) is 15.9 Å². The van der Waals surface area contributed by atoms with E-state index in [1.165, 1.54) is 19.3 Å². The van der Waals surface area contributed by atoms with Gasteiger partial charge in [0.25, 0.3) is 0 Å². The molecule has 0 aromatic carbocycles. The highest BCUT2D eigenvalue weighted by Crippen LogP contribution is 2.64. The molecule has 4 aliphatic rings. The first kappa shape index (κ1) is 15.4. The summed E-state index contributed by atoms with van der Waals surface area (Å²) in [6.07, 6.45) is 8.67. The summed E-state index contributed by atoms with van der Waals surface area (Å²) in [5.74, 6) is 2.44. The quantitative estimate of drug-likeness (QED) is 0.814. The van der Waals surface area contributed by atoms with Gasteiger partial charge in [-0.25, -0.2) is 4.98 Å². The summed E-state index contributed by atoms with van der Waals surface area (Å²) in [5.41, 5.74) is 0.634. The van der Waals surface area contributed by atoms with Crippen molar-refractivity contribution in [2.24, 2.45) is 17.3 Å². The molecule has 5 heteroatoms. The molecule has 4 bridgehead atoms. The Morgan fingerprint density at radius 3 is 2.61 bits per heavy atom. The van der Waals surface area contributed by atoms with Crippen molar-refractivity contribution < 1.29 is 4.79 Å². The second-order valence-electron chi connectivity index (χ2n) is 8.12. The third-order valence-electron chi connectivity index (χ3n) is 5.93. The largest absolute Gasteiger partial charge is 0.361 e. The fourth-order valence-corrected chi connectivity index (χ4v) is 6.97. The highest BCUT2D eigenvalue weighted by molar-refractivity contribution is 9.10. The molecule has 2 atom stereocenters. The van der Waals surface area contributed by atoms with Crippen LogP contribution in [0.25, 0.3) is 0 Å². The molecule has 0 unspecified atom stereocenters. The molecule has 124 valence electrons. The Morgan fingerprint density at radius 1 is 1.30 bits per heavy atom. The monoisotopic (exact) mass is 377 g/mol. The first-order valence-electron chi connectivity index (χ1n) is 8.52. The van der Waals surface area contributed by atoms with Crippen molar-refractivity contribution in [2.75, 3.05) is 24.3 Å². The first-order valence-corrected chi connectivity index (χ1v) is 9.31. The standard InChI is InChI=1S/C18H24BrN3O/c1-22(2)15-14(4-3-5-20-15)21-16(23)17-7-12-6-13(8-17)10-18(19,9-12)11-17/h3-5,12-13H,6-11H2,1-2H3,(H,21,23)/t12-,13-,17?,18?/m1/s1. The molecule has 0 spiro atoms. The van der Waals surface area contributed by atoms with E-state index in [1.54, 1.807) is 6.20 Å². The smallest absolute Gasteiger partial charge is 0.230 e. The number of alkyl halides is 1. The van der Waals surface area contributed by atoms with Gasteiger partial charge in [0.05, 0.1) is 11.1 Å². The molecular weight excluding hydrogens is 354 g/mol. The lowest BCUT2D eigenvalue weighted by Crippen LogP contribution is -2.57. The molecule has 1 aromatic heterocycles. The number of hydrogen-bond acceptors (Lipinski definition) is 3. The maximum Gasteiger partial charge on any atom is 0.230 e. The molecule has 4 saturated carbocycles. The molecule has 1 aromatic rings. The van der Waals surface area contributed by atoms with E-state index in [0.29, 0.717) is 11.8 Å². The highest BCUT2D eigenvalue weighted by Gasteiger charge is 2.59. The number of carbonyl (C=O) groups excluding carboxylic acids is 1. The molecule has 1 amide bonds. The topological polar surface area (TPSA) is 45.2 Å². The van der Waals surface area contributed by atoms with Gasteiger partial charge >= 0.3 is 0 Å². The fourth-order valence-electron chi connectivity index (χ4n) is 5.52. The minimum Gasteiger partial charge on any atom is -0.361 e. The summed E-state index contributed by atoms with van der Waals surface area (Å²) in [6.45, 7) is 0. The zero-order valence-electron chi connectivity index (χ0n) is 13.8. The maximum atomic E-state index is 13.2. The van der Waals surface area contributed by atoms with Crippen molar-refractivity contribution >= 4 is 33.3 Å². The third-order valence-corrected chi connectivity index (χ3v) is 6.86. The van der Waals surface area contributed by atoms with Crippen LogP contribution in [0.5, 0.6) is 0 Å². The third kappa shape index (κ3) is 2.57. The zero-order valence-corrected chi connectivity index (χ0v) is 15.4. The van der Waals surface area contributed by atoms with Crippen molar-refractivity contribution in [2.45, 2.75) is 42.8 Å². The molecule has 0 aliphatic heterocycles. The van der Waals surface area contributed by atoms with Crippen molar-refractivity contribution in [1.29, 1.82) is 0 Å². The van der Waals surface area contributed by atoms with Crippen LogP contribution in [0.1, 0.15) is 38.5 Å². The van der Waals surface area contributed by atoms with E-state index < -0.39 is 0 Å². The summed E-state index contributed by atoms with van der Waals surface area (Å²) in [5, 5.41) is 3.20. The minimum atomic E-state index is -0.187. The van der Waals surface area contributed by atoms with Crippen LogP contribution in [0.15, 0.2) is 18.3 Å². The van der Waals surface area contributed by atoms with E-state index in [0.717, 1.165) is 30.8 Å². The number of halogens is 1. The van der Waals surface area contributed by atoms with E-state index >= 15 is 0 Å². The van der Waals surface area contributed by atoms with Crippen LogP contribution in [0, 0.1) is 17.3 Å². The maximum absolute atomic E-state index is 13.2. The van der Waals surface area contributed by atoms with Crippen LogP contribution in [0.2, 0.25) is 0 Å². The van der Waals surface area contributed by atoms with Crippen molar-refractivity contribution in [3.63, 3.8) is 0 Å². The number of aromatic nitrogens is 1. The predicted octanol–water partition coefficient (Wildman–Crippen LogP) is 3.82. The Balaban J connectivity index is 1.61. The predicted molar refractivity (Wildman–Crippen MR) is 96.0 cm³/mol. The molecule has 0 saturated heterocycles. The summed E-state index contributed by atoms with van der Waals surface area (Å²) in [6, 6.07) is 3.83. The fraction of sp³-hybridized carbons (Fsp3) is 0.667. The van der Waals surface area contributed by atoms with E-state index in [-0.39, 0.29) is 15.6 Å². The van der Waals surface area contributed by atoms with Crippen LogP contribution in [0.4, 0.5) is 11.5 Å². The molecule has 4 fully saturated rings. The SMILES string of the molecule is CN(C)c1ncccc1NC(=O)C12C[C@H]3C[C@@H](CC(Br)(C3)C1)C2. The number of rotatable bonds is 3. The van der Waals surface area contributed by atoms with Crippen LogP contribution < -0.4 is 10.2 Å². The second-order valence-corrected chi connectivity index (χ2v) is 9.80. The molecule has 1 N–H and O–H groups in total. The molecule has 4 aliphatic carbocycles. The molecular formula is C18H24BrN3O. The Morgan fingerprint density at radius 2 is 2.00 bits per heavy atom. The van der Waals surface area contributed by atoms with Crippen LogP contribution in [0.3, 0.4) is 0 Å². The van der Waals surface area contributed by atoms with E-state index in [1.807, 2.05) is 31.1 Å². The van der Waals surface area contributed by atoms with Gasteiger partial charge in [0.15, 0.2) is 5.82 Å². The van der Waals surface area contributed by atoms with Gasteiger partial charge in [0.1, 0.15) is 0 Å². The lowest BCUT2D eigenvalue weighted by molar-refractivity contribution is -0.138. The van der Waals surface area contributed by atoms with Gasteiger partial charge in [-0.3, -0.25) is 4.79 Å². The Hall–Kier alpha value is -1.10. The van der Waals surface area contributed by atoms with E-state index in [2.05, 4.69) is 26.2 Å². The minimum absolute atomic E-state index is 0.187. The summed E-state index contributed by atoms with van der Waals surface area (Å²) >= 11 is 3.98. The molecule has 4 nitrogen and oxygen atoms in total. The lowest BCUT2D eigenvalue weighted by atomic mass is 9.49. The van der Waals surface area contributed by atoms with E-state index in [4.69, 9.17) is 0 Å². The number of pyridine rings is 1. The number of carbonyl (C=O) groups is 1. The van der Waals surface area contributed by atoms with Crippen molar-refractivity contribution in [3.8, 4) is 0 Å². The molecule has 23 heavy (non-hydrogen) atoms.